The van der Waals surface area contributed by atoms with Crippen molar-refractivity contribution < 1.29 is 13.2 Å². The predicted octanol–water partition coefficient (Wildman–Crippen LogP) is 4.03. The molecule has 2 atom stereocenters. The summed E-state index contributed by atoms with van der Waals surface area (Å²) in [4.78, 5) is 18.9. The molecular weight excluding hydrogens is 452 g/mol. The van der Waals surface area contributed by atoms with Crippen LogP contribution in [0, 0.1) is 0 Å². The van der Waals surface area contributed by atoms with Gasteiger partial charge in [-0.25, -0.2) is 19.9 Å². The highest BCUT2D eigenvalue weighted by molar-refractivity contribution is 7.56. The third kappa shape index (κ3) is 4.29. The second kappa shape index (κ2) is 8.37. The number of hydrogen-bond donors (Lipinski definition) is 1. The molecule has 4 aromatic rings. The van der Waals surface area contributed by atoms with Gasteiger partial charge in [-0.2, -0.15) is 18.3 Å². The fourth-order valence-electron chi connectivity index (χ4n) is 4.21. The number of hydrogen-bond acceptors (Lipinski definition) is 6. The molecule has 1 aliphatic rings. The van der Waals surface area contributed by atoms with Crippen LogP contribution >= 0.6 is 7.92 Å². The van der Waals surface area contributed by atoms with Crippen LogP contribution in [0.5, 0.6) is 0 Å². The van der Waals surface area contributed by atoms with Gasteiger partial charge in [0, 0.05) is 37.6 Å². The minimum Gasteiger partial charge on any atom is -0.355 e. The van der Waals surface area contributed by atoms with E-state index in [0.29, 0.717) is 28.7 Å². The average molecular weight is 474 g/mol. The molecule has 5 heterocycles. The number of nitrogens with zero attached hydrogens (tertiary/aromatic N) is 7. The summed E-state index contributed by atoms with van der Waals surface area (Å²) in [5, 5.41) is 7.01. The Kier molecular flexibility index (Phi) is 5.52. The Morgan fingerprint density at radius 2 is 1.94 bits per heavy atom. The molecule has 8 nitrogen and oxygen atoms in total. The van der Waals surface area contributed by atoms with Gasteiger partial charge in [0.1, 0.15) is 11.5 Å². The third-order valence-corrected chi connectivity index (χ3v) is 7.86. The van der Waals surface area contributed by atoms with Gasteiger partial charge in [0.2, 0.25) is 0 Å². The van der Waals surface area contributed by atoms with Gasteiger partial charge in [0.25, 0.3) is 0 Å². The van der Waals surface area contributed by atoms with Crippen molar-refractivity contribution in [3.63, 3.8) is 0 Å². The van der Waals surface area contributed by atoms with Gasteiger partial charge in [0.05, 0.1) is 18.6 Å². The standard InChI is InChI=1S/C21H22F3N8P/c1-33(2)15-5-13(14-6-28-29-7-14)10-31(11-15)18-3-4-25-20(30-18)16-8-27-19-9-26-17(12-32(16)19)21(22,23)24/h3-4,6-9,12-13,15H,5,10-11H2,1-2H3,(H,28,29). The SMILES string of the molecule is CP(C)C1CC(c2cn[nH]c2)CN(c2ccnc(-c3cnc4cnc(C(F)(F)F)cn34)n2)C1. The molecule has 0 spiro atoms. The normalized spacial score (nSPS) is 19.5. The molecule has 0 aromatic carbocycles. The van der Waals surface area contributed by atoms with Crippen LogP contribution in [0.3, 0.4) is 0 Å². The maximum atomic E-state index is 13.2. The lowest BCUT2D eigenvalue weighted by Gasteiger charge is -2.40. The number of imidazole rings is 1. The molecule has 1 fully saturated rings. The summed E-state index contributed by atoms with van der Waals surface area (Å²) in [6.07, 6.45) is 5.49. The van der Waals surface area contributed by atoms with Crippen LogP contribution in [0.4, 0.5) is 19.0 Å². The summed E-state index contributed by atoms with van der Waals surface area (Å²) < 4.78 is 40.9. The Balaban J connectivity index is 1.50. The van der Waals surface area contributed by atoms with Crippen molar-refractivity contribution in [3.05, 3.63) is 54.5 Å². The molecule has 0 amide bonds. The van der Waals surface area contributed by atoms with E-state index in [9.17, 15) is 13.2 Å². The second-order valence-electron chi connectivity index (χ2n) is 8.37. The summed E-state index contributed by atoms with van der Waals surface area (Å²) in [7, 11) is -0.164. The van der Waals surface area contributed by atoms with E-state index < -0.39 is 11.9 Å². The number of alkyl halides is 3. The first kappa shape index (κ1) is 21.8. The lowest BCUT2D eigenvalue weighted by atomic mass is 9.92. The van der Waals surface area contributed by atoms with E-state index in [2.05, 4.69) is 43.4 Å². The molecule has 5 rings (SSSR count). The van der Waals surface area contributed by atoms with Crippen molar-refractivity contribution in [1.82, 2.24) is 34.5 Å². The molecule has 1 N–H and O–H groups in total. The number of anilines is 1. The molecule has 172 valence electrons. The number of aromatic amines is 1. The summed E-state index contributed by atoms with van der Waals surface area (Å²) in [6, 6.07) is 1.85. The lowest BCUT2D eigenvalue weighted by molar-refractivity contribution is -0.141. The zero-order chi connectivity index (χ0) is 23.2. The van der Waals surface area contributed by atoms with Crippen molar-refractivity contribution in [3.8, 4) is 11.5 Å². The van der Waals surface area contributed by atoms with Crippen molar-refractivity contribution in [2.24, 2.45) is 0 Å². The number of nitrogens with one attached hydrogen (secondary N) is 1. The van der Waals surface area contributed by atoms with Crippen LogP contribution in [0.25, 0.3) is 17.2 Å². The maximum absolute atomic E-state index is 13.2. The van der Waals surface area contributed by atoms with Gasteiger partial charge in [-0.05, 0) is 37.0 Å². The van der Waals surface area contributed by atoms with Crippen LogP contribution in [0.2, 0.25) is 0 Å². The van der Waals surface area contributed by atoms with Gasteiger partial charge >= 0.3 is 6.18 Å². The maximum Gasteiger partial charge on any atom is 0.434 e. The van der Waals surface area contributed by atoms with Crippen molar-refractivity contribution in [2.45, 2.75) is 24.2 Å². The van der Waals surface area contributed by atoms with Crippen LogP contribution < -0.4 is 4.90 Å². The first-order chi connectivity index (χ1) is 15.8. The zero-order valence-corrected chi connectivity index (χ0v) is 18.9. The molecule has 0 aliphatic carbocycles. The first-order valence-corrected chi connectivity index (χ1v) is 12.7. The molecule has 0 radical (unpaired) electrons. The Labute approximate surface area is 189 Å². The number of piperidine rings is 1. The van der Waals surface area contributed by atoms with E-state index in [1.807, 2.05) is 18.5 Å². The number of rotatable bonds is 4. The molecular formula is C21H22F3N8P. The second-order valence-corrected chi connectivity index (χ2v) is 11.0. The molecule has 1 aliphatic heterocycles. The zero-order valence-electron chi connectivity index (χ0n) is 18.0. The Hall–Kier alpha value is -3.07. The monoisotopic (exact) mass is 474 g/mol. The van der Waals surface area contributed by atoms with Gasteiger partial charge in [0.15, 0.2) is 17.2 Å². The number of halogens is 3. The highest BCUT2D eigenvalue weighted by Crippen LogP contribution is 2.43. The molecule has 0 bridgehead atoms. The van der Waals surface area contributed by atoms with Crippen molar-refractivity contribution in [2.75, 3.05) is 31.3 Å². The van der Waals surface area contributed by atoms with E-state index in [1.165, 1.54) is 16.2 Å². The minimum atomic E-state index is -4.55. The van der Waals surface area contributed by atoms with Crippen molar-refractivity contribution >= 4 is 19.4 Å². The van der Waals surface area contributed by atoms with Crippen LogP contribution in [0.15, 0.2) is 43.2 Å². The van der Waals surface area contributed by atoms with Gasteiger partial charge in [-0.3, -0.25) is 9.50 Å². The summed E-state index contributed by atoms with van der Waals surface area (Å²) in [5.74, 6) is 1.38. The smallest absolute Gasteiger partial charge is 0.355 e. The van der Waals surface area contributed by atoms with Gasteiger partial charge in [-0.1, -0.05) is 0 Å². The largest absolute Gasteiger partial charge is 0.434 e. The van der Waals surface area contributed by atoms with Crippen LogP contribution in [-0.2, 0) is 6.18 Å². The van der Waals surface area contributed by atoms with Crippen LogP contribution in [-0.4, -0.2) is 66.6 Å². The fourth-order valence-corrected chi connectivity index (χ4v) is 5.41. The van der Waals surface area contributed by atoms with E-state index >= 15 is 0 Å². The number of H-pyrrole nitrogens is 1. The van der Waals surface area contributed by atoms with E-state index in [1.54, 1.807) is 6.20 Å². The number of fused-ring (bicyclic) bond motifs is 1. The molecule has 4 aromatic heterocycles. The van der Waals surface area contributed by atoms with E-state index in [0.717, 1.165) is 37.7 Å². The minimum absolute atomic E-state index is 0.164. The molecule has 2 unspecified atom stereocenters. The molecule has 1 saturated heterocycles. The highest BCUT2D eigenvalue weighted by atomic mass is 31.1. The predicted molar refractivity (Wildman–Crippen MR) is 120 cm³/mol. The topological polar surface area (TPSA) is 87.9 Å². The average Bonchev–Trinajstić information content (AvgIpc) is 3.48. The Morgan fingerprint density at radius 1 is 1.09 bits per heavy atom. The summed E-state index contributed by atoms with van der Waals surface area (Å²) >= 11 is 0. The first-order valence-electron chi connectivity index (χ1n) is 10.4. The highest BCUT2D eigenvalue weighted by Gasteiger charge is 2.34. The summed E-state index contributed by atoms with van der Waals surface area (Å²) in [6.45, 7) is 6.22. The van der Waals surface area contributed by atoms with E-state index in [-0.39, 0.29) is 7.92 Å². The van der Waals surface area contributed by atoms with Crippen molar-refractivity contribution in [1.29, 1.82) is 0 Å². The number of aromatic nitrogens is 7. The Bertz CT molecular complexity index is 1250. The van der Waals surface area contributed by atoms with Gasteiger partial charge < -0.3 is 4.90 Å². The lowest BCUT2D eigenvalue weighted by Crippen LogP contribution is -2.42. The molecule has 0 saturated carbocycles. The third-order valence-electron chi connectivity index (χ3n) is 6.03. The molecule has 12 heteroatoms. The summed E-state index contributed by atoms with van der Waals surface area (Å²) in [5.41, 5.74) is 1.39. The van der Waals surface area contributed by atoms with Crippen LogP contribution in [0.1, 0.15) is 23.6 Å². The van der Waals surface area contributed by atoms with E-state index in [4.69, 9.17) is 4.98 Å². The Morgan fingerprint density at radius 3 is 2.67 bits per heavy atom. The molecule has 33 heavy (non-hydrogen) atoms. The fraction of sp³-hybridized carbons (Fsp3) is 0.381. The van der Waals surface area contributed by atoms with Gasteiger partial charge in [-0.15, -0.1) is 7.92 Å². The quantitative estimate of drug-likeness (QED) is 0.450.